The highest BCUT2D eigenvalue weighted by Gasteiger charge is 2.35. The molecule has 15 heavy (non-hydrogen) atoms. The molecule has 0 amide bonds. The molecule has 0 radical (unpaired) electrons. The summed E-state index contributed by atoms with van der Waals surface area (Å²) >= 11 is 0. The smallest absolute Gasteiger partial charge is 0.311 e. The molecule has 3 nitrogen and oxygen atoms in total. The molecule has 0 aromatic carbocycles. The lowest BCUT2D eigenvalue weighted by Crippen LogP contribution is -2.38. The first-order valence-corrected chi connectivity index (χ1v) is 5.96. The Morgan fingerprint density at radius 2 is 2.20 bits per heavy atom. The van der Waals surface area contributed by atoms with E-state index in [1.807, 2.05) is 0 Å². The number of rotatable bonds is 6. The fourth-order valence-corrected chi connectivity index (χ4v) is 2.11. The van der Waals surface area contributed by atoms with Crippen LogP contribution in [0.1, 0.15) is 45.4 Å². The van der Waals surface area contributed by atoms with Gasteiger partial charge in [0, 0.05) is 0 Å². The summed E-state index contributed by atoms with van der Waals surface area (Å²) < 4.78 is 4.75. The number of carbonyl (C=O) groups excluding carboxylic acids is 1. The van der Waals surface area contributed by atoms with Gasteiger partial charge in [-0.3, -0.25) is 4.79 Å². The summed E-state index contributed by atoms with van der Waals surface area (Å²) in [7, 11) is 1.40. The first-order valence-electron chi connectivity index (χ1n) is 5.96. The minimum Gasteiger partial charge on any atom is -0.469 e. The third kappa shape index (κ3) is 3.20. The maximum Gasteiger partial charge on any atom is 0.311 e. The molecule has 1 aliphatic rings. The van der Waals surface area contributed by atoms with E-state index < -0.39 is 6.10 Å². The zero-order valence-electron chi connectivity index (χ0n) is 9.74. The van der Waals surface area contributed by atoms with Crippen molar-refractivity contribution in [3.8, 4) is 0 Å². The number of aliphatic hydroxyl groups is 1. The van der Waals surface area contributed by atoms with Crippen LogP contribution in [-0.2, 0) is 9.53 Å². The van der Waals surface area contributed by atoms with Gasteiger partial charge >= 0.3 is 5.97 Å². The van der Waals surface area contributed by atoms with Crippen molar-refractivity contribution < 1.29 is 14.6 Å². The zero-order valence-corrected chi connectivity index (χ0v) is 9.74. The quantitative estimate of drug-likeness (QED) is 0.689. The number of carbonyl (C=O) groups is 1. The van der Waals surface area contributed by atoms with Crippen molar-refractivity contribution >= 4 is 5.97 Å². The Morgan fingerprint density at radius 3 is 2.60 bits per heavy atom. The van der Waals surface area contributed by atoms with E-state index in [-0.39, 0.29) is 11.9 Å². The highest BCUT2D eigenvalue weighted by atomic mass is 16.5. The molecule has 2 unspecified atom stereocenters. The second kappa shape index (κ2) is 6.11. The Hall–Kier alpha value is -0.570. The first kappa shape index (κ1) is 12.5. The number of methoxy groups -OCH3 is 1. The minimum atomic E-state index is -0.488. The summed E-state index contributed by atoms with van der Waals surface area (Å²) in [6.45, 7) is 2.09. The maximum absolute atomic E-state index is 11.5. The van der Waals surface area contributed by atoms with Crippen LogP contribution in [0, 0.1) is 11.8 Å². The van der Waals surface area contributed by atoms with Gasteiger partial charge in [0.15, 0.2) is 0 Å². The predicted molar refractivity (Wildman–Crippen MR) is 58.4 cm³/mol. The monoisotopic (exact) mass is 214 g/mol. The molecule has 88 valence electrons. The van der Waals surface area contributed by atoms with Gasteiger partial charge in [-0.2, -0.15) is 0 Å². The normalized spacial score (nSPS) is 20.5. The van der Waals surface area contributed by atoms with Gasteiger partial charge in [0.25, 0.3) is 0 Å². The highest BCUT2D eigenvalue weighted by molar-refractivity contribution is 5.73. The largest absolute Gasteiger partial charge is 0.469 e. The van der Waals surface area contributed by atoms with Crippen molar-refractivity contribution in [1.82, 2.24) is 0 Å². The van der Waals surface area contributed by atoms with E-state index in [1.165, 1.54) is 13.5 Å². The van der Waals surface area contributed by atoms with Gasteiger partial charge < -0.3 is 9.84 Å². The van der Waals surface area contributed by atoms with E-state index in [1.54, 1.807) is 0 Å². The van der Waals surface area contributed by atoms with Crippen molar-refractivity contribution in [3.05, 3.63) is 0 Å². The number of hydrogen-bond donors (Lipinski definition) is 1. The van der Waals surface area contributed by atoms with Gasteiger partial charge in [-0.05, 0) is 25.2 Å². The fourth-order valence-electron chi connectivity index (χ4n) is 2.11. The fraction of sp³-hybridized carbons (Fsp3) is 0.917. The van der Waals surface area contributed by atoms with Crippen LogP contribution in [0.15, 0.2) is 0 Å². The Morgan fingerprint density at radius 1 is 1.53 bits per heavy atom. The van der Waals surface area contributed by atoms with Crippen LogP contribution in [-0.4, -0.2) is 24.3 Å². The molecular formula is C12H22O3. The van der Waals surface area contributed by atoms with Crippen molar-refractivity contribution in [2.24, 2.45) is 11.8 Å². The van der Waals surface area contributed by atoms with Crippen molar-refractivity contribution in [2.75, 3.05) is 7.11 Å². The molecule has 0 heterocycles. The maximum atomic E-state index is 11.5. The molecule has 0 aromatic heterocycles. The predicted octanol–water partition coefficient (Wildman–Crippen LogP) is 2.13. The van der Waals surface area contributed by atoms with Crippen molar-refractivity contribution in [1.29, 1.82) is 0 Å². The van der Waals surface area contributed by atoms with Crippen LogP contribution in [0.5, 0.6) is 0 Å². The number of ether oxygens (including phenoxy) is 1. The zero-order chi connectivity index (χ0) is 11.3. The molecule has 1 saturated carbocycles. The molecule has 0 bridgehead atoms. The van der Waals surface area contributed by atoms with Crippen LogP contribution < -0.4 is 0 Å². The third-order valence-corrected chi connectivity index (χ3v) is 3.42. The van der Waals surface area contributed by atoms with Gasteiger partial charge in [-0.1, -0.05) is 26.2 Å². The summed E-state index contributed by atoms with van der Waals surface area (Å²) in [6, 6.07) is 0. The summed E-state index contributed by atoms with van der Waals surface area (Å²) in [4.78, 5) is 11.5. The molecule has 0 spiro atoms. The second-order valence-electron chi connectivity index (χ2n) is 4.45. The Kier molecular flexibility index (Phi) is 5.09. The highest BCUT2D eigenvalue weighted by Crippen LogP contribution is 2.34. The van der Waals surface area contributed by atoms with Crippen LogP contribution in [0.4, 0.5) is 0 Å². The second-order valence-corrected chi connectivity index (χ2v) is 4.45. The lowest BCUT2D eigenvalue weighted by molar-refractivity contribution is -0.152. The summed E-state index contributed by atoms with van der Waals surface area (Å²) in [5.41, 5.74) is 0. The van der Waals surface area contributed by atoms with Gasteiger partial charge in [0.05, 0.1) is 19.1 Å². The number of aliphatic hydroxyl groups excluding tert-OH is 1. The SMILES string of the molecule is CCCCC(C(=O)OC)C(O)C1CCC1. The topological polar surface area (TPSA) is 46.5 Å². The number of esters is 1. The summed E-state index contributed by atoms with van der Waals surface area (Å²) in [6.07, 6.45) is 5.58. The van der Waals surface area contributed by atoms with E-state index in [4.69, 9.17) is 4.74 Å². The molecule has 0 aromatic rings. The third-order valence-electron chi connectivity index (χ3n) is 3.42. The molecule has 1 rings (SSSR count). The van der Waals surface area contributed by atoms with Gasteiger partial charge in [-0.15, -0.1) is 0 Å². The van der Waals surface area contributed by atoms with Crippen LogP contribution in [0.3, 0.4) is 0 Å². The van der Waals surface area contributed by atoms with Gasteiger partial charge in [0.2, 0.25) is 0 Å². The molecule has 1 fully saturated rings. The molecule has 0 saturated heterocycles. The first-order chi connectivity index (χ1) is 7.20. The van der Waals surface area contributed by atoms with Gasteiger partial charge in [-0.25, -0.2) is 0 Å². The van der Waals surface area contributed by atoms with Crippen molar-refractivity contribution in [3.63, 3.8) is 0 Å². The average molecular weight is 214 g/mol. The van der Waals surface area contributed by atoms with Crippen LogP contribution in [0.25, 0.3) is 0 Å². The standard InChI is InChI=1S/C12H22O3/c1-3-4-8-10(12(14)15-2)11(13)9-6-5-7-9/h9-11,13H,3-8H2,1-2H3. The number of hydrogen-bond acceptors (Lipinski definition) is 3. The van der Waals surface area contributed by atoms with E-state index in [0.29, 0.717) is 5.92 Å². The Bertz CT molecular complexity index is 199. The summed E-state index contributed by atoms with van der Waals surface area (Å²) in [5.74, 6) is -0.228. The molecule has 3 heteroatoms. The Balaban J connectivity index is 2.48. The van der Waals surface area contributed by atoms with Gasteiger partial charge in [0.1, 0.15) is 0 Å². The van der Waals surface area contributed by atoms with E-state index in [2.05, 4.69) is 6.92 Å². The molecular weight excluding hydrogens is 192 g/mol. The van der Waals surface area contributed by atoms with E-state index in [9.17, 15) is 9.90 Å². The molecule has 0 aliphatic heterocycles. The number of unbranched alkanes of at least 4 members (excludes halogenated alkanes) is 1. The molecule has 1 aliphatic carbocycles. The minimum absolute atomic E-state index is 0.247. The van der Waals surface area contributed by atoms with Crippen LogP contribution >= 0.6 is 0 Å². The van der Waals surface area contributed by atoms with Crippen LogP contribution in [0.2, 0.25) is 0 Å². The summed E-state index contributed by atoms with van der Waals surface area (Å²) in [5, 5.41) is 10.1. The molecule has 1 N–H and O–H groups in total. The lowest BCUT2D eigenvalue weighted by atomic mass is 9.75. The average Bonchev–Trinajstić information content (AvgIpc) is 2.15. The van der Waals surface area contributed by atoms with E-state index >= 15 is 0 Å². The van der Waals surface area contributed by atoms with Crippen molar-refractivity contribution in [2.45, 2.75) is 51.6 Å². The lowest BCUT2D eigenvalue weighted by Gasteiger charge is -2.34. The Labute approximate surface area is 91.8 Å². The molecule has 2 atom stereocenters. The van der Waals surface area contributed by atoms with E-state index in [0.717, 1.165) is 32.1 Å².